The van der Waals surface area contributed by atoms with Crippen molar-refractivity contribution in [1.29, 1.82) is 5.26 Å². The van der Waals surface area contributed by atoms with Crippen molar-refractivity contribution in [1.82, 2.24) is 19.7 Å². The average molecular weight is 446 g/mol. The lowest BCUT2D eigenvalue weighted by atomic mass is 9.73. The molecule has 0 unspecified atom stereocenters. The second-order valence-electron chi connectivity index (χ2n) is 8.78. The fraction of sp³-hybridized carbons (Fsp3) is 0.571. The Kier molecular flexibility index (Phi) is 6.25. The van der Waals surface area contributed by atoms with E-state index >= 15 is 0 Å². The van der Waals surface area contributed by atoms with Crippen molar-refractivity contribution in [3.05, 3.63) is 24.7 Å². The minimum absolute atomic E-state index is 0. The molecule has 1 saturated heterocycles. The molecule has 4 rings (SSSR count). The van der Waals surface area contributed by atoms with Gasteiger partial charge >= 0.3 is 0 Å². The molecule has 0 radical (unpaired) electrons. The molecule has 0 aromatic carbocycles. The lowest BCUT2D eigenvalue weighted by Gasteiger charge is -2.24. The van der Waals surface area contributed by atoms with Crippen LogP contribution in [0.5, 0.6) is 0 Å². The average Bonchev–Trinajstić information content (AvgIpc) is 3.41. The molecule has 1 aliphatic heterocycles. The number of aliphatic hydroxyl groups excluding tert-OH is 1. The molecular weight excluding hydrogens is 418 g/mol. The molecule has 0 bridgehead atoms. The van der Waals surface area contributed by atoms with E-state index in [9.17, 15) is 15.2 Å². The summed E-state index contributed by atoms with van der Waals surface area (Å²) in [6, 6.07) is 4.09. The van der Waals surface area contributed by atoms with Crippen molar-refractivity contribution >= 4 is 35.8 Å². The van der Waals surface area contributed by atoms with Gasteiger partial charge in [-0.05, 0) is 45.1 Å². The molecular formula is C21H28ClN7O2. The largest absolute Gasteiger partial charge is 0.394 e. The van der Waals surface area contributed by atoms with Crippen molar-refractivity contribution in [2.75, 3.05) is 23.4 Å². The fourth-order valence-corrected chi connectivity index (χ4v) is 4.25. The summed E-state index contributed by atoms with van der Waals surface area (Å²) in [5.74, 6) is 0.867. The fourth-order valence-electron chi connectivity index (χ4n) is 4.25. The Labute approximate surface area is 187 Å². The molecule has 2 aliphatic rings. The minimum atomic E-state index is -0.926. The van der Waals surface area contributed by atoms with Gasteiger partial charge < -0.3 is 10.4 Å². The third kappa shape index (κ3) is 3.86. The van der Waals surface area contributed by atoms with Gasteiger partial charge in [-0.1, -0.05) is 6.92 Å². The Morgan fingerprint density at radius 1 is 1.42 bits per heavy atom. The van der Waals surface area contributed by atoms with E-state index in [0.29, 0.717) is 24.0 Å². The molecule has 2 fully saturated rings. The summed E-state index contributed by atoms with van der Waals surface area (Å²) in [4.78, 5) is 23.7. The van der Waals surface area contributed by atoms with Crippen molar-refractivity contribution < 1.29 is 9.90 Å². The number of nitriles is 1. The van der Waals surface area contributed by atoms with Gasteiger partial charge in [0.1, 0.15) is 11.2 Å². The predicted molar refractivity (Wildman–Crippen MR) is 118 cm³/mol. The quantitative estimate of drug-likeness (QED) is 0.672. The zero-order valence-electron chi connectivity index (χ0n) is 17.9. The third-order valence-electron chi connectivity index (χ3n) is 6.31. The number of carbonyl (C=O) groups excluding carboxylic acids is 1. The van der Waals surface area contributed by atoms with Crippen LogP contribution in [-0.4, -0.2) is 43.9 Å². The topological polar surface area (TPSA) is 120 Å². The van der Waals surface area contributed by atoms with Crippen LogP contribution < -0.4 is 10.2 Å². The van der Waals surface area contributed by atoms with Gasteiger partial charge in [0.25, 0.3) is 0 Å². The lowest BCUT2D eigenvalue weighted by molar-refractivity contribution is -0.125. The van der Waals surface area contributed by atoms with Crippen molar-refractivity contribution in [3.8, 4) is 6.07 Å². The van der Waals surface area contributed by atoms with Crippen LogP contribution in [0.15, 0.2) is 24.7 Å². The van der Waals surface area contributed by atoms with Crippen LogP contribution in [0.1, 0.15) is 40.0 Å². The van der Waals surface area contributed by atoms with Gasteiger partial charge in [0.05, 0.1) is 30.1 Å². The number of rotatable bonds is 7. The number of hydrogen-bond donors (Lipinski definition) is 2. The lowest BCUT2D eigenvalue weighted by Crippen LogP contribution is -2.37. The Balaban J connectivity index is 0.00000272. The monoisotopic (exact) mass is 445 g/mol. The summed E-state index contributed by atoms with van der Waals surface area (Å²) in [5.41, 5.74) is -0.773. The first kappa shape index (κ1) is 23.0. The van der Waals surface area contributed by atoms with Crippen LogP contribution in [-0.2, 0) is 10.3 Å². The molecule has 166 valence electrons. The maximum absolute atomic E-state index is 13.3. The molecule has 3 heterocycles. The normalized spacial score (nSPS) is 23.4. The summed E-state index contributed by atoms with van der Waals surface area (Å²) >= 11 is 0. The van der Waals surface area contributed by atoms with E-state index in [1.807, 2.05) is 20.8 Å². The highest BCUT2D eigenvalue weighted by Crippen LogP contribution is 2.55. The molecule has 1 amide bonds. The van der Waals surface area contributed by atoms with Crippen LogP contribution in [0.2, 0.25) is 0 Å². The highest BCUT2D eigenvalue weighted by Gasteiger charge is 2.61. The molecule has 0 spiro atoms. The maximum Gasteiger partial charge on any atom is 0.249 e. The van der Waals surface area contributed by atoms with Gasteiger partial charge in [-0.2, -0.15) is 15.3 Å². The summed E-state index contributed by atoms with van der Waals surface area (Å²) in [6.07, 6.45) is 7.67. The number of aliphatic hydroxyl groups is 1. The van der Waals surface area contributed by atoms with E-state index in [1.165, 1.54) is 0 Å². The van der Waals surface area contributed by atoms with E-state index in [4.69, 9.17) is 0 Å². The summed E-state index contributed by atoms with van der Waals surface area (Å²) in [7, 11) is 0. The molecule has 10 heteroatoms. The summed E-state index contributed by atoms with van der Waals surface area (Å²) < 4.78 is 1.67. The van der Waals surface area contributed by atoms with Crippen LogP contribution in [0.25, 0.3) is 0 Å². The maximum atomic E-state index is 13.3. The summed E-state index contributed by atoms with van der Waals surface area (Å²) in [6.45, 7) is 6.25. The molecule has 31 heavy (non-hydrogen) atoms. The Morgan fingerprint density at radius 2 is 2.16 bits per heavy atom. The van der Waals surface area contributed by atoms with Gasteiger partial charge in [-0.15, -0.1) is 12.4 Å². The first-order valence-electron chi connectivity index (χ1n) is 10.3. The number of nitrogens with zero attached hydrogens (tertiary/aromatic N) is 6. The highest BCUT2D eigenvalue weighted by molar-refractivity contribution is 6.02. The SMILES string of the molecule is CC[C@H]1CN(c2ccnc(Nc3cnn(C(C)(C)CO)c3)n2)C(=O)[C@@]1(C#N)C1CC1.Cl. The number of aromatic nitrogens is 4. The second kappa shape index (κ2) is 8.44. The summed E-state index contributed by atoms with van der Waals surface area (Å²) in [5, 5.41) is 26.8. The molecule has 2 aromatic heterocycles. The molecule has 9 nitrogen and oxygen atoms in total. The van der Waals surface area contributed by atoms with E-state index < -0.39 is 11.0 Å². The predicted octanol–water partition coefficient (Wildman–Crippen LogP) is 2.86. The smallest absolute Gasteiger partial charge is 0.249 e. The van der Waals surface area contributed by atoms with Gasteiger partial charge in [-0.3, -0.25) is 14.4 Å². The van der Waals surface area contributed by atoms with Gasteiger partial charge in [0.15, 0.2) is 0 Å². The van der Waals surface area contributed by atoms with E-state index in [-0.39, 0.29) is 36.8 Å². The van der Waals surface area contributed by atoms with Crippen LogP contribution in [0.4, 0.5) is 17.5 Å². The van der Waals surface area contributed by atoms with Gasteiger partial charge in [0, 0.05) is 24.9 Å². The van der Waals surface area contributed by atoms with E-state index in [1.54, 1.807) is 34.2 Å². The van der Waals surface area contributed by atoms with E-state index in [0.717, 1.165) is 19.3 Å². The zero-order valence-corrected chi connectivity index (χ0v) is 18.8. The number of amides is 1. The van der Waals surface area contributed by atoms with Crippen molar-refractivity contribution in [2.45, 2.75) is 45.6 Å². The molecule has 1 aliphatic carbocycles. The van der Waals surface area contributed by atoms with Crippen molar-refractivity contribution in [3.63, 3.8) is 0 Å². The minimum Gasteiger partial charge on any atom is -0.394 e. The number of anilines is 3. The highest BCUT2D eigenvalue weighted by atomic mass is 35.5. The van der Waals surface area contributed by atoms with Crippen LogP contribution >= 0.6 is 12.4 Å². The zero-order chi connectivity index (χ0) is 21.5. The Morgan fingerprint density at radius 3 is 2.77 bits per heavy atom. The Bertz CT molecular complexity index is 998. The second-order valence-corrected chi connectivity index (χ2v) is 8.78. The number of halogens is 1. The number of nitrogens with one attached hydrogen (secondary N) is 1. The molecule has 1 saturated carbocycles. The van der Waals surface area contributed by atoms with Crippen LogP contribution in [0.3, 0.4) is 0 Å². The van der Waals surface area contributed by atoms with Gasteiger partial charge in [-0.25, -0.2) is 4.98 Å². The third-order valence-corrected chi connectivity index (χ3v) is 6.31. The van der Waals surface area contributed by atoms with Crippen molar-refractivity contribution in [2.24, 2.45) is 17.3 Å². The van der Waals surface area contributed by atoms with Crippen LogP contribution in [0, 0.1) is 28.6 Å². The standard InChI is InChI=1S/C21H27N7O2.ClH/c1-4-14-10-27(18(30)21(14,12-22)15-5-6-15)17-7-8-23-19(26-17)25-16-9-24-28(11-16)20(2,3)13-29;/h7-9,11,14-15,29H,4-6,10,13H2,1-3H3,(H,23,25,26);1H/t14-,21+;/m0./s1. The number of hydrogen-bond acceptors (Lipinski definition) is 7. The van der Waals surface area contributed by atoms with E-state index in [2.05, 4.69) is 26.5 Å². The Hall–Kier alpha value is -2.70. The molecule has 2 aromatic rings. The number of carbonyl (C=O) groups is 1. The first-order valence-corrected chi connectivity index (χ1v) is 10.3. The first-order chi connectivity index (χ1) is 14.4. The molecule has 2 N–H and O–H groups in total. The van der Waals surface area contributed by atoms with Gasteiger partial charge in [0.2, 0.25) is 11.9 Å². The molecule has 2 atom stereocenters.